The minimum atomic E-state index is -1.08. The number of aryl methyl sites for hydroxylation is 2. The molecule has 0 N–H and O–H groups in total. The summed E-state index contributed by atoms with van der Waals surface area (Å²) in [6.07, 6.45) is 0. The molecule has 6 heteroatoms. The van der Waals surface area contributed by atoms with Crippen LogP contribution in [-0.2, 0) is 4.79 Å². The van der Waals surface area contributed by atoms with Crippen LogP contribution in [0.5, 0.6) is 0 Å². The standard InChI is InChI=1S/C18H22N3S.C2H4O2/c1-11-7-13(20(3)4)9-15-17(11)19-18-12(2)8-14(21(5)6)10-16(18)22-15;1-2(3)4/h7-10H,1-6H3;1H3,(H,3,4)/q+1;/p-1. The van der Waals surface area contributed by atoms with E-state index < -0.39 is 5.97 Å². The first-order valence-electron chi connectivity index (χ1n) is 8.31. The number of aromatic nitrogens is 1. The third-order valence-electron chi connectivity index (χ3n) is 3.98. The number of anilines is 1. The molecule has 0 amide bonds. The van der Waals surface area contributed by atoms with Crippen molar-refractivity contribution in [3.8, 4) is 10.6 Å². The Bertz CT molecular complexity index is 998. The largest absolute Gasteiger partial charge is 0.550 e. The summed E-state index contributed by atoms with van der Waals surface area (Å²) in [5.74, 6) is -1.08. The lowest BCUT2D eigenvalue weighted by Crippen LogP contribution is -2.22. The molecule has 0 atom stereocenters. The summed E-state index contributed by atoms with van der Waals surface area (Å²) in [6.45, 7) is 5.26. The smallest absolute Gasteiger partial charge is 0.201 e. The van der Waals surface area contributed by atoms with Crippen LogP contribution in [0.3, 0.4) is 0 Å². The molecule has 1 heterocycles. The third kappa shape index (κ3) is 4.38. The quantitative estimate of drug-likeness (QED) is 0.484. The number of carbonyl (C=O) groups excluding carboxylic acids is 1. The van der Waals surface area contributed by atoms with E-state index in [2.05, 4.69) is 75.8 Å². The van der Waals surface area contributed by atoms with Crippen LogP contribution in [0.2, 0.25) is 0 Å². The first-order chi connectivity index (χ1) is 12.1. The lowest BCUT2D eigenvalue weighted by molar-refractivity contribution is -0.302. The molecular weight excluding hydrogens is 346 g/mol. The van der Waals surface area contributed by atoms with Crippen LogP contribution in [0.25, 0.3) is 20.8 Å². The van der Waals surface area contributed by atoms with Crippen molar-refractivity contribution in [2.75, 3.05) is 33.1 Å². The van der Waals surface area contributed by atoms with Crippen LogP contribution in [0.15, 0.2) is 24.3 Å². The number of carbonyl (C=O) groups is 1. The summed E-state index contributed by atoms with van der Waals surface area (Å²) in [6, 6.07) is 8.88. The number of carboxylic acid groups (broad SMARTS) is 1. The molecule has 5 nitrogen and oxygen atoms in total. The summed E-state index contributed by atoms with van der Waals surface area (Å²) >= 11 is 1.83. The number of hydrogen-bond acceptors (Lipinski definition) is 5. The van der Waals surface area contributed by atoms with Gasteiger partial charge in [-0.25, -0.2) is 9.56 Å². The minimum absolute atomic E-state index is 0.972. The molecule has 2 aliphatic rings. The molecule has 0 aromatic heterocycles. The highest BCUT2D eigenvalue weighted by Crippen LogP contribution is 2.34. The molecule has 1 aliphatic carbocycles. The lowest BCUT2D eigenvalue weighted by atomic mass is 10.1. The van der Waals surface area contributed by atoms with Crippen molar-refractivity contribution in [3.05, 3.63) is 40.7 Å². The van der Waals surface area contributed by atoms with Gasteiger partial charge in [-0.15, -0.1) is 11.3 Å². The highest BCUT2D eigenvalue weighted by atomic mass is 32.1. The topological polar surface area (TPSA) is 59.3 Å². The zero-order chi connectivity index (χ0) is 19.6. The Morgan fingerprint density at radius 3 is 2.27 bits per heavy atom. The number of aliphatic carboxylic acids is 1. The second-order valence-corrected chi connectivity index (χ2v) is 7.80. The van der Waals surface area contributed by atoms with Gasteiger partial charge in [-0.3, -0.25) is 0 Å². The molecule has 1 aromatic carbocycles. The Balaban J connectivity index is 0.000000552. The second kappa shape index (κ2) is 7.83. The summed E-state index contributed by atoms with van der Waals surface area (Å²) < 4.78 is 3.39. The molecule has 138 valence electrons. The molecule has 3 rings (SSSR count). The van der Waals surface area contributed by atoms with Gasteiger partial charge in [-0.2, -0.15) is 0 Å². The molecule has 26 heavy (non-hydrogen) atoms. The number of fused-ring (bicyclic) bond motifs is 2. The zero-order valence-corrected chi connectivity index (χ0v) is 17.2. The Morgan fingerprint density at radius 1 is 1.12 bits per heavy atom. The van der Waals surface area contributed by atoms with Crippen molar-refractivity contribution >= 4 is 33.2 Å². The Hall–Kier alpha value is -2.47. The van der Waals surface area contributed by atoms with Crippen LogP contribution >= 0.6 is 11.3 Å². The van der Waals surface area contributed by atoms with Crippen LogP contribution in [0, 0.1) is 13.8 Å². The van der Waals surface area contributed by atoms with Gasteiger partial charge < -0.3 is 14.8 Å². The monoisotopic (exact) mass is 371 g/mol. The fourth-order valence-corrected chi connectivity index (χ4v) is 3.85. The number of rotatable bonds is 1. The zero-order valence-electron chi connectivity index (χ0n) is 16.4. The normalized spacial score (nSPS) is 10.4. The predicted octanol–water partition coefficient (Wildman–Crippen LogP) is 1.87. The number of hydrogen-bond donors (Lipinski definition) is 0. The maximum Gasteiger partial charge on any atom is 0.201 e. The highest BCUT2D eigenvalue weighted by molar-refractivity contribution is 7.21. The summed E-state index contributed by atoms with van der Waals surface area (Å²) in [5, 5.41) is 10.1. The lowest BCUT2D eigenvalue weighted by Gasteiger charge is -2.16. The van der Waals surface area contributed by atoms with Gasteiger partial charge in [0, 0.05) is 37.9 Å². The molecule has 0 radical (unpaired) electrons. The van der Waals surface area contributed by atoms with E-state index in [1.54, 1.807) is 0 Å². The third-order valence-corrected chi connectivity index (χ3v) is 5.04. The van der Waals surface area contributed by atoms with E-state index in [9.17, 15) is 0 Å². The highest BCUT2D eigenvalue weighted by Gasteiger charge is 2.14. The minimum Gasteiger partial charge on any atom is -0.550 e. The van der Waals surface area contributed by atoms with Gasteiger partial charge in [0.25, 0.3) is 0 Å². The van der Waals surface area contributed by atoms with Crippen molar-refractivity contribution in [1.29, 1.82) is 0 Å². The first-order valence-corrected chi connectivity index (χ1v) is 9.13. The molecular formula is C20H25N3O2S. The Kier molecular flexibility index (Phi) is 5.97. The summed E-state index contributed by atoms with van der Waals surface area (Å²) in [5.41, 5.74) is 5.92. The molecule has 0 unspecified atom stereocenters. The predicted molar refractivity (Wildman–Crippen MR) is 108 cm³/mol. The average molecular weight is 372 g/mol. The van der Waals surface area contributed by atoms with Gasteiger partial charge in [0.05, 0.1) is 20.8 Å². The number of benzene rings is 2. The van der Waals surface area contributed by atoms with Crippen LogP contribution in [0.1, 0.15) is 18.1 Å². The molecule has 0 spiro atoms. The molecule has 1 aliphatic heterocycles. The molecule has 0 saturated heterocycles. The van der Waals surface area contributed by atoms with E-state index in [1.807, 2.05) is 11.3 Å². The van der Waals surface area contributed by atoms with Gasteiger partial charge in [0.1, 0.15) is 14.1 Å². The number of carboxylic acids is 1. The van der Waals surface area contributed by atoms with E-state index in [4.69, 9.17) is 14.9 Å². The van der Waals surface area contributed by atoms with Crippen molar-refractivity contribution in [3.63, 3.8) is 0 Å². The summed E-state index contributed by atoms with van der Waals surface area (Å²) in [7, 11) is 8.31. The molecule has 1 aromatic rings. The molecule has 0 saturated carbocycles. The van der Waals surface area contributed by atoms with Crippen molar-refractivity contribution < 1.29 is 9.90 Å². The van der Waals surface area contributed by atoms with E-state index in [0.29, 0.717) is 0 Å². The number of nitrogens with zero attached hydrogens (tertiary/aromatic N) is 3. The van der Waals surface area contributed by atoms with Gasteiger partial charge in [-0.1, -0.05) is 0 Å². The Morgan fingerprint density at radius 2 is 1.73 bits per heavy atom. The first kappa shape index (κ1) is 19.8. The SMILES string of the molecule is CC(=O)[O-].Cc1cc(=[N+](C)C)cc2sc3cc(N(C)C)cc(C)c3nc1-2. The van der Waals surface area contributed by atoms with Gasteiger partial charge in [-0.05, 0) is 44.0 Å². The van der Waals surface area contributed by atoms with Crippen LogP contribution in [-0.4, -0.2) is 39.1 Å². The van der Waals surface area contributed by atoms with Gasteiger partial charge in [0.15, 0.2) is 0 Å². The van der Waals surface area contributed by atoms with Crippen LogP contribution in [0.4, 0.5) is 5.69 Å². The van der Waals surface area contributed by atoms with Crippen molar-refractivity contribution in [1.82, 2.24) is 9.56 Å². The average Bonchev–Trinajstić information content (AvgIpc) is 2.52. The maximum absolute atomic E-state index is 8.89. The maximum atomic E-state index is 8.89. The fourth-order valence-electron chi connectivity index (χ4n) is 2.65. The Labute approximate surface area is 158 Å². The van der Waals surface area contributed by atoms with E-state index in [0.717, 1.165) is 18.1 Å². The fraction of sp³-hybridized carbons (Fsp3) is 0.350. The van der Waals surface area contributed by atoms with Crippen LogP contribution < -0.4 is 19.9 Å². The van der Waals surface area contributed by atoms with Crippen molar-refractivity contribution in [2.45, 2.75) is 20.8 Å². The van der Waals surface area contributed by atoms with E-state index in [1.165, 1.54) is 31.7 Å². The van der Waals surface area contributed by atoms with E-state index in [-0.39, 0.29) is 0 Å². The summed E-state index contributed by atoms with van der Waals surface area (Å²) in [4.78, 5) is 17.2. The van der Waals surface area contributed by atoms with E-state index >= 15 is 0 Å². The molecule has 0 fully saturated rings. The van der Waals surface area contributed by atoms with Gasteiger partial charge >= 0.3 is 0 Å². The van der Waals surface area contributed by atoms with Crippen molar-refractivity contribution in [2.24, 2.45) is 0 Å². The van der Waals surface area contributed by atoms with Gasteiger partial charge in [0.2, 0.25) is 5.36 Å². The molecule has 0 bridgehead atoms. The second-order valence-electron chi connectivity index (χ2n) is 6.71.